The van der Waals surface area contributed by atoms with Gasteiger partial charge in [0, 0.05) is 28.4 Å². The third-order valence-electron chi connectivity index (χ3n) is 5.17. The summed E-state index contributed by atoms with van der Waals surface area (Å²) >= 11 is 3.44. The molecule has 0 saturated heterocycles. The molecular weight excluding hydrogens is 487 g/mol. The zero-order valence-electron chi connectivity index (χ0n) is 17.2. The standard InChI is InChI=1S/C23H21BrF3N3O2/c1-14(9-10-31)30-20-7-5-17(12-19(20)29-22(30)23(25,26)27)28-13-18-6-8-21(32-18)15-3-2-4-16(24)11-15/h2-8,11-12,14,28,31H,9-10,13H2,1H3. The lowest BCUT2D eigenvalue weighted by molar-refractivity contribution is -0.147. The Morgan fingerprint density at radius 1 is 1.16 bits per heavy atom. The Hall–Kier alpha value is -2.78. The average molecular weight is 508 g/mol. The van der Waals surface area contributed by atoms with Crippen LogP contribution in [0.25, 0.3) is 22.4 Å². The van der Waals surface area contributed by atoms with Gasteiger partial charge in [0.05, 0.1) is 17.6 Å². The molecule has 0 bridgehead atoms. The highest BCUT2D eigenvalue weighted by Gasteiger charge is 2.38. The van der Waals surface area contributed by atoms with Crippen LogP contribution in [0.4, 0.5) is 18.9 Å². The molecule has 4 rings (SSSR count). The van der Waals surface area contributed by atoms with E-state index in [1.807, 2.05) is 36.4 Å². The number of furan rings is 1. The van der Waals surface area contributed by atoms with Gasteiger partial charge >= 0.3 is 6.18 Å². The highest BCUT2D eigenvalue weighted by molar-refractivity contribution is 9.10. The second-order valence-electron chi connectivity index (χ2n) is 7.50. The van der Waals surface area contributed by atoms with Crippen molar-refractivity contribution < 1.29 is 22.7 Å². The van der Waals surface area contributed by atoms with Crippen molar-refractivity contribution in [2.45, 2.75) is 32.1 Å². The van der Waals surface area contributed by atoms with Gasteiger partial charge in [-0.2, -0.15) is 13.2 Å². The Bertz CT molecular complexity index is 1230. The summed E-state index contributed by atoms with van der Waals surface area (Å²) in [5.41, 5.74) is 2.18. The number of alkyl halides is 3. The van der Waals surface area contributed by atoms with Crippen molar-refractivity contribution in [3.63, 3.8) is 0 Å². The highest BCUT2D eigenvalue weighted by Crippen LogP contribution is 2.35. The molecule has 0 saturated carbocycles. The molecule has 2 heterocycles. The van der Waals surface area contributed by atoms with Crippen molar-refractivity contribution in [2.75, 3.05) is 11.9 Å². The summed E-state index contributed by atoms with van der Waals surface area (Å²) in [6.45, 7) is 1.80. The summed E-state index contributed by atoms with van der Waals surface area (Å²) < 4.78 is 48.6. The Morgan fingerprint density at radius 2 is 1.97 bits per heavy atom. The number of aromatic nitrogens is 2. The summed E-state index contributed by atoms with van der Waals surface area (Å²) in [4.78, 5) is 3.84. The van der Waals surface area contributed by atoms with Crippen LogP contribution in [0.5, 0.6) is 0 Å². The van der Waals surface area contributed by atoms with E-state index in [0.29, 0.717) is 23.5 Å². The number of hydrogen-bond donors (Lipinski definition) is 2. The van der Waals surface area contributed by atoms with E-state index in [1.165, 1.54) is 0 Å². The van der Waals surface area contributed by atoms with Gasteiger partial charge in [-0.1, -0.05) is 28.1 Å². The van der Waals surface area contributed by atoms with Gasteiger partial charge in [0.15, 0.2) is 0 Å². The lowest BCUT2D eigenvalue weighted by Crippen LogP contribution is -2.18. The Labute approximate surface area is 191 Å². The number of benzene rings is 2. The SMILES string of the molecule is CC(CCO)n1c(C(F)(F)F)nc2cc(NCc3ccc(-c4cccc(Br)c4)o3)ccc21. The van der Waals surface area contributed by atoms with Gasteiger partial charge in [0.25, 0.3) is 0 Å². The van der Waals surface area contributed by atoms with Crippen molar-refractivity contribution in [2.24, 2.45) is 0 Å². The number of fused-ring (bicyclic) bond motifs is 1. The van der Waals surface area contributed by atoms with Crippen LogP contribution in [0.15, 0.2) is 63.5 Å². The average Bonchev–Trinajstić information content (AvgIpc) is 3.37. The molecular formula is C23H21BrF3N3O2. The largest absolute Gasteiger partial charge is 0.459 e. The maximum absolute atomic E-state index is 13.5. The molecule has 2 aromatic carbocycles. The van der Waals surface area contributed by atoms with Gasteiger partial charge < -0.3 is 19.4 Å². The minimum atomic E-state index is -4.59. The fraction of sp³-hybridized carbons (Fsp3) is 0.261. The fourth-order valence-electron chi connectivity index (χ4n) is 3.63. The van der Waals surface area contributed by atoms with Crippen LogP contribution in [-0.2, 0) is 12.7 Å². The minimum absolute atomic E-state index is 0.202. The molecule has 9 heteroatoms. The second kappa shape index (κ2) is 8.99. The predicted molar refractivity (Wildman–Crippen MR) is 120 cm³/mol. The molecule has 0 spiro atoms. The molecule has 0 aliphatic heterocycles. The molecule has 4 aromatic rings. The third-order valence-corrected chi connectivity index (χ3v) is 5.66. The number of rotatable bonds is 7. The Balaban J connectivity index is 1.56. The van der Waals surface area contributed by atoms with E-state index in [9.17, 15) is 18.3 Å². The first kappa shape index (κ1) is 22.4. The zero-order valence-corrected chi connectivity index (χ0v) is 18.7. The van der Waals surface area contributed by atoms with Gasteiger partial charge in [0.2, 0.25) is 5.82 Å². The molecule has 0 amide bonds. The predicted octanol–water partition coefficient (Wildman–Crippen LogP) is 6.63. The zero-order chi connectivity index (χ0) is 22.9. The first-order valence-electron chi connectivity index (χ1n) is 10.0. The fourth-order valence-corrected chi connectivity index (χ4v) is 4.03. The van der Waals surface area contributed by atoms with Crippen molar-refractivity contribution in [3.8, 4) is 11.3 Å². The van der Waals surface area contributed by atoms with Crippen LogP contribution in [0, 0.1) is 0 Å². The van der Waals surface area contributed by atoms with Crippen LogP contribution in [-0.4, -0.2) is 21.3 Å². The lowest BCUT2D eigenvalue weighted by atomic mass is 10.2. The van der Waals surface area contributed by atoms with E-state index in [1.54, 1.807) is 25.1 Å². The van der Waals surface area contributed by atoms with Crippen LogP contribution < -0.4 is 5.32 Å². The van der Waals surface area contributed by atoms with Crippen molar-refractivity contribution in [1.29, 1.82) is 0 Å². The van der Waals surface area contributed by atoms with E-state index in [0.717, 1.165) is 20.4 Å². The number of nitrogens with one attached hydrogen (secondary N) is 1. The van der Waals surface area contributed by atoms with Gasteiger partial charge in [0.1, 0.15) is 11.5 Å². The van der Waals surface area contributed by atoms with E-state index in [2.05, 4.69) is 26.2 Å². The summed E-state index contributed by atoms with van der Waals surface area (Å²) in [6.07, 6.45) is -4.39. The van der Waals surface area contributed by atoms with Crippen LogP contribution in [0.3, 0.4) is 0 Å². The lowest BCUT2D eigenvalue weighted by Gasteiger charge is -2.18. The molecule has 2 aromatic heterocycles. The first-order valence-corrected chi connectivity index (χ1v) is 10.8. The number of anilines is 1. The van der Waals surface area contributed by atoms with Crippen molar-refractivity contribution >= 4 is 32.7 Å². The molecule has 168 valence electrons. The van der Waals surface area contributed by atoms with E-state index < -0.39 is 18.0 Å². The number of aliphatic hydroxyl groups is 1. The second-order valence-corrected chi connectivity index (χ2v) is 8.41. The summed E-state index contributed by atoms with van der Waals surface area (Å²) in [5, 5.41) is 12.4. The monoisotopic (exact) mass is 507 g/mol. The molecule has 1 unspecified atom stereocenters. The van der Waals surface area contributed by atoms with Crippen LogP contribution >= 0.6 is 15.9 Å². The number of hydrogen-bond acceptors (Lipinski definition) is 4. The summed E-state index contributed by atoms with van der Waals surface area (Å²) in [7, 11) is 0. The Kier molecular flexibility index (Phi) is 6.30. The smallest absolute Gasteiger partial charge is 0.449 e. The number of halogens is 4. The topological polar surface area (TPSA) is 63.2 Å². The molecule has 0 aliphatic carbocycles. The minimum Gasteiger partial charge on any atom is -0.459 e. The van der Waals surface area contributed by atoms with Crippen molar-refractivity contribution in [3.05, 3.63) is 70.7 Å². The molecule has 1 atom stereocenters. The molecule has 5 nitrogen and oxygen atoms in total. The van der Waals surface area contributed by atoms with Crippen molar-refractivity contribution in [1.82, 2.24) is 9.55 Å². The normalized spacial score (nSPS) is 12.9. The van der Waals surface area contributed by atoms with Gasteiger partial charge in [-0.15, -0.1) is 0 Å². The molecule has 32 heavy (non-hydrogen) atoms. The van der Waals surface area contributed by atoms with E-state index in [-0.39, 0.29) is 18.5 Å². The maximum atomic E-state index is 13.5. The highest BCUT2D eigenvalue weighted by atomic mass is 79.9. The third kappa shape index (κ3) is 4.68. The summed E-state index contributed by atoms with van der Waals surface area (Å²) in [6, 6.07) is 15.9. The number of nitrogens with zero attached hydrogens (tertiary/aromatic N) is 2. The summed E-state index contributed by atoms with van der Waals surface area (Å²) in [5.74, 6) is 0.457. The molecule has 0 fully saturated rings. The maximum Gasteiger partial charge on any atom is 0.449 e. The molecule has 0 radical (unpaired) electrons. The number of imidazole rings is 1. The quantitative estimate of drug-likeness (QED) is 0.294. The first-order chi connectivity index (χ1) is 15.3. The van der Waals surface area contributed by atoms with Gasteiger partial charge in [-0.3, -0.25) is 0 Å². The van der Waals surface area contributed by atoms with E-state index >= 15 is 0 Å². The van der Waals surface area contributed by atoms with Crippen LogP contribution in [0.2, 0.25) is 0 Å². The number of aliphatic hydroxyl groups excluding tert-OH is 1. The molecule has 2 N–H and O–H groups in total. The Morgan fingerprint density at radius 3 is 2.69 bits per heavy atom. The van der Waals surface area contributed by atoms with Gasteiger partial charge in [-0.05, 0) is 55.8 Å². The van der Waals surface area contributed by atoms with Crippen LogP contribution in [0.1, 0.15) is 31.0 Å². The molecule has 0 aliphatic rings. The van der Waals surface area contributed by atoms with E-state index in [4.69, 9.17) is 4.42 Å². The van der Waals surface area contributed by atoms with Gasteiger partial charge in [-0.25, -0.2) is 4.98 Å².